The smallest absolute Gasteiger partial charge is 0.0210 e. The summed E-state index contributed by atoms with van der Waals surface area (Å²) in [6.45, 7) is 5.41. The van der Waals surface area contributed by atoms with Crippen LogP contribution in [0.4, 0.5) is 0 Å². The second kappa shape index (κ2) is 5.49. The van der Waals surface area contributed by atoms with E-state index in [-0.39, 0.29) is 0 Å². The molecule has 0 atom stereocenters. The first-order valence-electron chi connectivity index (χ1n) is 6.55. The Morgan fingerprint density at radius 1 is 1.12 bits per heavy atom. The molecule has 88 valence electrons. The lowest BCUT2D eigenvalue weighted by molar-refractivity contribution is 0.372. The molecule has 1 heteroatoms. The van der Waals surface area contributed by atoms with Crippen LogP contribution in [-0.4, -0.2) is 6.04 Å². The van der Waals surface area contributed by atoms with E-state index in [1.807, 2.05) is 0 Å². The Bertz CT molecular complexity index is 337. The summed E-state index contributed by atoms with van der Waals surface area (Å²) in [6, 6.07) is 7.51. The highest BCUT2D eigenvalue weighted by molar-refractivity contribution is 5.30. The van der Waals surface area contributed by atoms with Crippen molar-refractivity contribution in [1.29, 1.82) is 0 Å². The summed E-state index contributed by atoms with van der Waals surface area (Å²) in [5.74, 6) is 0. The Morgan fingerprint density at radius 3 is 2.56 bits per heavy atom. The maximum absolute atomic E-state index is 3.70. The quantitative estimate of drug-likeness (QED) is 0.813. The number of nitrogens with one attached hydrogen (secondary N) is 1. The molecule has 0 spiro atoms. The zero-order valence-electron chi connectivity index (χ0n) is 10.6. The molecule has 1 aliphatic rings. The summed E-state index contributed by atoms with van der Waals surface area (Å²) in [5, 5.41) is 3.70. The molecule has 1 fully saturated rings. The van der Waals surface area contributed by atoms with Crippen LogP contribution in [-0.2, 0) is 6.54 Å². The molecule has 1 nitrogen and oxygen atoms in total. The Labute approximate surface area is 99.3 Å². The highest BCUT2D eigenvalue weighted by atomic mass is 14.9. The monoisotopic (exact) mass is 217 g/mol. The molecular weight excluding hydrogens is 194 g/mol. The zero-order chi connectivity index (χ0) is 11.4. The van der Waals surface area contributed by atoms with Crippen molar-refractivity contribution in [2.75, 3.05) is 0 Å². The molecule has 1 aromatic carbocycles. The number of aryl methyl sites for hydroxylation is 2. The van der Waals surface area contributed by atoms with Crippen LogP contribution >= 0.6 is 0 Å². The van der Waals surface area contributed by atoms with Crippen LogP contribution in [0.25, 0.3) is 0 Å². The molecule has 1 saturated carbocycles. The average Bonchev–Trinajstić information content (AvgIpc) is 2.29. The first-order chi connectivity index (χ1) is 7.75. The van der Waals surface area contributed by atoms with Gasteiger partial charge in [-0.1, -0.05) is 43.0 Å². The van der Waals surface area contributed by atoms with Crippen LogP contribution in [0.2, 0.25) is 0 Å². The summed E-state index contributed by atoms with van der Waals surface area (Å²) in [4.78, 5) is 0. The standard InChI is InChI=1S/C15H23N/c1-12-8-9-14(13(2)10-12)11-16-15-6-4-3-5-7-15/h8-10,15-16H,3-7,11H2,1-2H3. The molecule has 0 heterocycles. The van der Waals surface area contributed by atoms with E-state index in [0.29, 0.717) is 0 Å². The molecule has 0 unspecified atom stereocenters. The van der Waals surface area contributed by atoms with Crippen molar-refractivity contribution in [2.45, 2.75) is 58.5 Å². The second-order valence-corrected chi connectivity index (χ2v) is 5.15. The van der Waals surface area contributed by atoms with Crippen LogP contribution in [0.1, 0.15) is 48.8 Å². The fourth-order valence-corrected chi connectivity index (χ4v) is 2.61. The average molecular weight is 217 g/mol. The highest BCUT2D eigenvalue weighted by Gasteiger charge is 2.12. The van der Waals surface area contributed by atoms with E-state index in [4.69, 9.17) is 0 Å². The lowest BCUT2D eigenvalue weighted by Crippen LogP contribution is -2.30. The van der Waals surface area contributed by atoms with Gasteiger partial charge < -0.3 is 5.32 Å². The Hall–Kier alpha value is -0.820. The third-order valence-corrected chi connectivity index (χ3v) is 3.68. The normalized spacial score (nSPS) is 17.6. The molecule has 0 saturated heterocycles. The Balaban J connectivity index is 1.88. The summed E-state index contributed by atoms with van der Waals surface area (Å²) in [6.07, 6.45) is 6.98. The van der Waals surface area contributed by atoms with Crippen molar-refractivity contribution in [3.05, 3.63) is 34.9 Å². The maximum Gasteiger partial charge on any atom is 0.0210 e. The predicted molar refractivity (Wildman–Crippen MR) is 69.6 cm³/mol. The minimum Gasteiger partial charge on any atom is -0.310 e. The van der Waals surface area contributed by atoms with Crippen molar-refractivity contribution in [2.24, 2.45) is 0 Å². The SMILES string of the molecule is Cc1ccc(CNC2CCCCC2)c(C)c1. The van der Waals surface area contributed by atoms with Crippen molar-refractivity contribution in [1.82, 2.24) is 5.32 Å². The van der Waals surface area contributed by atoms with Crippen molar-refractivity contribution in [3.63, 3.8) is 0 Å². The van der Waals surface area contributed by atoms with Gasteiger partial charge in [0, 0.05) is 12.6 Å². The Kier molecular flexibility index (Phi) is 4.00. The molecule has 16 heavy (non-hydrogen) atoms. The van der Waals surface area contributed by atoms with Gasteiger partial charge in [-0.3, -0.25) is 0 Å². The highest BCUT2D eigenvalue weighted by Crippen LogP contribution is 2.18. The molecule has 1 aromatic rings. The molecule has 0 aliphatic heterocycles. The van der Waals surface area contributed by atoms with E-state index in [0.717, 1.165) is 12.6 Å². The van der Waals surface area contributed by atoms with Gasteiger partial charge in [0.1, 0.15) is 0 Å². The fraction of sp³-hybridized carbons (Fsp3) is 0.600. The molecule has 0 aromatic heterocycles. The zero-order valence-corrected chi connectivity index (χ0v) is 10.6. The molecule has 0 bridgehead atoms. The molecule has 0 radical (unpaired) electrons. The third-order valence-electron chi connectivity index (χ3n) is 3.68. The van der Waals surface area contributed by atoms with Crippen LogP contribution in [0.15, 0.2) is 18.2 Å². The van der Waals surface area contributed by atoms with Gasteiger partial charge in [0.15, 0.2) is 0 Å². The van der Waals surface area contributed by atoms with Crippen LogP contribution < -0.4 is 5.32 Å². The van der Waals surface area contributed by atoms with Crippen LogP contribution in [0.3, 0.4) is 0 Å². The van der Waals surface area contributed by atoms with Gasteiger partial charge >= 0.3 is 0 Å². The number of hydrogen-bond donors (Lipinski definition) is 1. The predicted octanol–water partition coefficient (Wildman–Crippen LogP) is 3.73. The van der Waals surface area contributed by atoms with E-state index >= 15 is 0 Å². The van der Waals surface area contributed by atoms with Gasteiger partial charge in [-0.05, 0) is 37.8 Å². The number of rotatable bonds is 3. The van der Waals surface area contributed by atoms with E-state index < -0.39 is 0 Å². The number of hydrogen-bond acceptors (Lipinski definition) is 1. The van der Waals surface area contributed by atoms with Crippen LogP contribution in [0.5, 0.6) is 0 Å². The number of benzene rings is 1. The molecule has 2 rings (SSSR count). The molecular formula is C15H23N. The lowest BCUT2D eigenvalue weighted by atomic mass is 9.95. The van der Waals surface area contributed by atoms with Crippen molar-refractivity contribution in [3.8, 4) is 0 Å². The van der Waals surface area contributed by atoms with Gasteiger partial charge in [-0.2, -0.15) is 0 Å². The van der Waals surface area contributed by atoms with Gasteiger partial charge in [-0.25, -0.2) is 0 Å². The first-order valence-corrected chi connectivity index (χ1v) is 6.55. The summed E-state index contributed by atoms with van der Waals surface area (Å²) < 4.78 is 0. The molecule has 0 amide bonds. The van der Waals surface area contributed by atoms with E-state index in [2.05, 4.69) is 37.4 Å². The van der Waals surface area contributed by atoms with Crippen LogP contribution in [0, 0.1) is 13.8 Å². The van der Waals surface area contributed by atoms with Gasteiger partial charge in [-0.15, -0.1) is 0 Å². The van der Waals surface area contributed by atoms with Gasteiger partial charge in [0.25, 0.3) is 0 Å². The van der Waals surface area contributed by atoms with E-state index in [1.165, 1.54) is 48.8 Å². The van der Waals surface area contributed by atoms with Crippen molar-refractivity contribution >= 4 is 0 Å². The van der Waals surface area contributed by atoms with Crippen molar-refractivity contribution < 1.29 is 0 Å². The van der Waals surface area contributed by atoms with Gasteiger partial charge in [0.2, 0.25) is 0 Å². The minimum atomic E-state index is 0.759. The first kappa shape index (κ1) is 11.7. The Morgan fingerprint density at radius 2 is 1.88 bits per heavy atom. The van der Waals surface area contributed by atoms with E-state index in [1.54, 1.807) is 0 Å². The molecule has 1 N–H and O–H groups in total. The topological polar surface area (TPSA) is 12.0 Å². The third kappa shape index (κ3) is 3.08. The second-order valence-electron chi connectivity index (χ2n) is 5.15. The fourth-order valence-electron chi connectivity index (χ4n) is 2.61. The lowest BCUT2D eigenvalue weighted by Gasteiger charge is -2.23. The maximum atomic E-state index is 3.70. The van der Waals surface area contributed by atoms with Gasteiger partial charge in [0.05, 0.1) is 0 Å². The minimum absolute atomic E-state index is 0.759. The summed E-state index contributed by atoms with van der Waals surface area (Å²) in [5.41, 5.74) is 4.23. The largest absolute Gasteiger partial charge is 0.310 e. The van der Waals surface area contributed by atoms with E-state index in [9.17, 15) is 0 Å². The summed E-state index contributed by atoms with van der Waals surface area (Å²) in [7, 11) is 0. The molecule has 1 aliphatic carbocycles. The summed E-state index contributed by atoms with van der Waals surface area (Å²) >= 11 is 0.